The molecule has 0 saturated carbocycles. The smallest absolute Gasteiger partial charge is 0.354 e. The van der Waals surface area contributed by atoms with Crippen molar-refractivity contribution in [1.82, 2.24) is 9.97 Å². The average Bonchev–Trinajstić information content (AvgIpc) is 2.38. The Morgan fingerprint density at radius 1 is 1.40 bits per heavy atom. The molecule has 1 N–H and O–H groups in total. The highest BCUT2D eigenvalue weighted by molar-refractivity contribution is 6.30. The summed E-state index contributed by atoms with van der Waals surface area (Å²) in [6.07, 6.45) is 1.17. The van der Waals surface area contributed by atoms with Gasteiger partial charge in [0, 0.05) is 23.4 Å². The van der Waals surface area contributed by atoms with E-state index in [1.807, 2.05) is 0 Å². The van der Waals surface area contributed by atoms with Crippen LogP contribution in [0.4, 0.5) is 5.69 Å². The quantitative estimate of drug-likeness (QED) is 0.680. The molecular formula is C11H6ClN3O5. The molecule has 1 aromatic heterocycles. The maximum absolute atomic E-state index is 10.8. The number of hydrogen-bond acceptors (Lipinski definition) is 6. The number of ether oxygens (including phenoxy) is 1. The highest BCUT2D eigenvalue weighted by atomic mass is 35.5. The summed E-state index contributed by atoms with van der Waals surface area (Å²) in [5.74, 6) is -1.44. The van der Waals surface area contributed by atoms with Crippen molar-refractivity contribution in [2.75, 3.05) is 0 Å². The van der Waals surface area contributed by atoms with Gasteiger partial charge in [0.05, 0.1) is 4.92 Å². The molecule has 0 fully saturated rings. The summed E-state index contributed by atoms with van der Waals surface area (Å²) in [5, 5.41) is 19.9. The van der Waals surface area contributed by atoms with Crippen LogP contribution in [-0.4, -0.2) is 26.0 Å². The van der Waals surface area contributed by atoms with Crippen LogP contribution < -0.4 is 4.74 Å². The molecule has 9 heteroatoms. The fraction of sp³-hybridized carbons (Fsp3) is 0. The van der Waals surface area contributed by atoms with E-state index < -0.39 is 10.9 Å². The first kappa shape index (κ1) is 13.7. The number of nitro benzene ring substituents is 1. The predicted octanol–water partition coefficient (Wildman–Crippen LogP) is 2.53. The molecule has 0 saturated heterocycles. The molecule has 0 amide bonds. The number of carboxylic acids is 1. The monoisotopic (exact) mass is 295 g/mol. The van der Waals surface area contributed by atoms with Gasteiger partial charge >= 0.3 is 17.7 Å². The van der Waals surface area contributed by atoms with Crippen molar-refractivity contribution < 1.29 is 19.6 Å². The van der Waals surface area contributed by atoms with Crippen LogP contribution in [0.5, 0.6) is 11.8 Å². The third-order valence-electron chi connectivity index (χ3n) is 2.17. The molecule has 0 unspecified atom stereocenters. The van der Waals surface area contributed by atoms with Crippen molar-refractivity contribution in [3.05, 3.63) is 51.3 Å². The minimum atomic E-state index is -1.27. The van der Waals surface area contributed by atoms with E-state index >= 15 is 0 Å². The number of hydrogen-bond donors (Lipinski definition) is 1. The molecule has 0 radical (unpaired) electrons. The second-order valence-electron chi connectivity index (χ2n) is 3.50. The van der Waals surface area contributed by atoms with E-state index in [1.54, 1.807) is 0 Å². The summed E-state index contributed by atoms with van der Waals surface area (Å²) in [7, 11) is 0. The Labute approximate surface area is 116 Å². The van der Waals surface area contributed by atoms with Gasteiger partial charge in [0.2, 0.25) is 5.75 Å². The summed E-state index contributed by atoms with van der Waals surface area (Å²) in [6, 6.07) is 4.56. The first-order valence-electron chi connectivity index (χ1n) is 5.15. The van der Waals surface area contributed by atoms with Crippen LogP contribution in [0.1, 0.15) is 10.5 Å². The first-order chi connectivity index (χ1) is 9.47. The Hall–Kier alpha value is -2.74. The molecule has 1 aromatic carbocycles. The van der Waals surface area contributed by atoms with E-state index in [0.717, 1.165) is 0 Å². The van der Waals surface area contributed by atoms with Crippen LogP contribution in [-0.2, 0) is 0 Å². The molecule has 8 nitrogen and oxygen atoms in total. The molecule has 0 aliphatic heterocycles. The number of aromatic nitrogens is 2. The highest BCUT2D eigenvalue weighted by Crippen LogP contribution is 2.32. The molecular weight excluding hydrogens is 290 g/mol. The molecule has 0 aliphatic rings. The molecule has 2 rings (SSSR count). The van der Waals surface area contributed by atoms with Gasteiger partial charge in [-0.25, -0.2) is 9.78 Å². The van der Waals surface area contributed by atoms with Crippen LogP contribution in [0, 0.1) is 10.1 Å². The molecule has 2 aromatic rings. The molecule has 0 atom stereocenters. The topological polar surface area (TPSA) is 115 Å². The van der Waals surface area contributed by atoms with Crippen molar-refractivity contribution in [2.45, 2.75) is 0 Å². The SMILES string of the molecule is O=C(O)c1ccnc(Oc2cc(Cl)ccc2[N+](=O)[O-])n1. The Bertz CT molecular complexity index is 692. The number of benzene rings is 1. The van der Waals surface area contributed by atoms with Crippen molar-refractivity contribution in [3.8, 4) is 11.8 Å². The van der Waals surface area contributed by atoms with Crippen LogP contribution in [0.25, 0.3) is 0 Å². The van der Waals surface area contributed by atoms with Gasteiger partial charge in [-0.2, -0.15) is 4.98 Å². The fourth-order valence-corrected chi connectivity index (χ4v) is 1.49. The van der Waals surface area contributed by atoms with E-state index in [-0.39, 0.29) is 28.2 Å². The maximum Gasteiger partial charge on any atom is 0.354 e. The minimum absolute atomic E-state index is 0.176. The average molecular weight is 296 g/mol. The number of rotatable bonds is 4. The fourth-order valence-electron chi connectivity index (χ4n) is 1.33. The lowest BCUT2D eigenvalue weighted by molar-refractivity contribution is -0.385. The Kier molecular flexibility index (Phi) is 3.76. The van der Waals surface area contributed by atoms with Gasteiger partial charge in [-0.15, -0.1) is 0 Å². The first-order valence-corrected chi connectivity index (χ1v) is 5.53. The molecule has 0 spiro atoms. The number of nitro groups is 1. The van der Waals surface area contributed by atoms with Crippen molar-refractivity contribution >= 4 is 23.3 Å². The van der Waals surface area contributed by atoms with E-state index in [2.05, 4.69) is 9.97 Å². The maximum atomic E-state index is 10.8. The largest absolute Gasteiger partial charge is 0.477 e. The second kappa shape index (κ2) is 5.49. The third kappa shape index (κ3) is 2.98. The zero-order chi connectivity index (χ0) is 14.7. The van der Waals surface area contributed by atoms with E-state index in [0.29, 0.717) is 0 Å². The lowest BCUT2D eigenvalue weighted by Gasteiger charge is -2.05. The number of halogens is 1. The van der Waals surface area contributed by atoms with Crippen molar-refractivity contribution in [3.63, 3.8) is 0 Å². The molecule has 102 valence electrons. The minimum Gasteiger partial charge on any atom is -0.477 e. The summed E-state index contributed by atoms with van der Waals surface area (Å²) in [4.78, 5) is 28.2. The molecule has 1 heterocycles. The van der Waals surface area contributed by atoms with Crippen LogP contribution in [0.2, 0.25) is 5.02 Å². The van der Waals surface area contributed by atoms with Crippen molar-refractivity contribution in [2.24, 2.45) is 0 Å². The zero-order valence-electron chi connectivity index (χ0n) is 9.69. The van der Waals surface area contributed by atoms with Crippen LogP contribution in [0.15, 0.2) is 30.5 Å². The normalized spacial score (nSPS) is 10.1. The van der Waals surface area contributed by atoms with Gasteiger partial charge in [0.25, 0.3) is 0 Å². The summed E-state index contributed by atoms with van der Waals surface area (Å²) in [5.41, 5.74) is -0.626. The van der Waals surface area contributed by atoms with Gasteiger partial charge in [-0.3, -0.25) is 10.1 Å². The number of carboxylic acid groups (broad SMARTS) is 1. The Balaban J connectivity index is 2.39. The van der Waals surface area contributed by atoms with Crippen LogP contribution >= 0.6 is 11.6 Å². The van der Waals surface area contributed by atoms with Gasteiger partial charge in [0.15, 0.2) is 5.69 Å². The summed E-state index contributed by atoms with van der Waals surface area (Å²) in [6.45, 7) is 0. The zero-order valence-corrected chi connectivity index (χ0v) is 10.4. The van der Waals surface area contributed by atoms with Gasteiger partial charge in [-0.05, 0) is 12.1 Å². The number of aromatic carboxylic acids is 1. The van der Waals surface area contributed by atoms with Crippen LogP contribution in [0.3, 0.4) is 0 Å². The Morgan fingerprint density at radius 2 is 2.15 bits per heavy atom. The Morgan fingerprint density at radius 3 is 2.80 bits per heavy atom. The highest BCUT2D eigenvalue weighted by Gasteiger charge is 2.18. The summed E-state index contributed by atoms with van der Waals surface area (Å²) < 4.78 is 5.13. The van der Waals surface area contributed by atoms with Gasteiger partial charge in [0.1, 0.15) is 0 Å². The lowest BCUT2D eigenvalue weighted by Crippen LogP contribution is -2.03. The van der Waals surface area contributed by atoms with E-state index in [9.17, 15) is 14.9 Å². The van der Waals surface area contributed by atoms with Gasteiger partial charge in [-0.1, -0.05) is 11.6 Å². The standard InChI is InChI=1S/C11H6ClN3O5/c12-6-1-2-8(15(18)19)9(5-6)20-11-13-4-3-7(14-11)10(16)17/h1-5H,(H,16,17). The second-order valence-corrected chi connectivity index (χ2v) is 3.94. The van der Waals surface area contributed by atoms with Gasteiger partial charge < -0.3 is 9.84 Å². The van der Waals surface area contributed by atoms with E-state index in [1.165, 1.54) is 30.5 Å². The van der Waals surface area contributed by atoms with E-state index in [4.69, 9.17) is 21.4 Å². The lowest BCUT2D eigenvalue weighted by atomic mass is 10.3. The number of nitrogens with zero attached hydrogens (tertiary/aromatic N) is 3. The predicted molar refractivity (Wildman–Crippen MR) is 67.2 cm³/mol. The third-order valence-corrected chi connectivity index (χ3v) is 2.41. The summed E-state index contributed by atoms with van der Waals surface area (Å²) >= 11 is 5.73. The molecule has 0 bridgehead atoms. The molecule has 0 aliphatic carbocycles. The van der Waals surface area contributed by atoms with Crippen molar-refractivity contribution in [1.29, 1.82) is 0 Å². The molecule has 20 heavy (non-hydrogen) atoms. The number of carbonyl (C=O) groups is 1.